The summed E-state index contributed by atoms with van der Waals surface area (Å²) in [6, 6.07) is 0.373. The average Bonchev–Trinajstić information content (AvgIpc) is 2.93. The molecule has 5 nitrogen and oxygen atoms in total. The fourth-order valence-electron chi connectivity index (χ4n) is 3.74. The van der Waals surface area contributed by atoms with Crippen molar-refractivity contribution in [1.82, 2.24) is 21.1 Å². The molecule has 0 amide bonds. The van der Waals surface area contributed by atoms with Gasteiger partial charge in [-0.3, -0.25) is 10.9 Å². The summed E-state index contributed by atoms with van der Waals surface area (Å²) in [5, 5.41) is 3.18. The van der Waals surface area contributed by atoms with Gasteiger partial charge < -0.3 is 15.0 Å². The summed E-state index contributed by atoms with van der Waals surface area (Å²) in [6.45, 7) is 4.06. The lowest BCUT2D eigenvalue weighted by Crippen LogP contribution is -2.46. The van der Waals surface area contributed by atoms with Crippen molar-refractivity contribution in [2.75, 3.05) is 47.4 Å². The summed E-state index contributed by atoms with van der Waals surface area (Å²) in [5.74, 6) is 0.951. The molecule has 1 saturated heterocycles. The van der Waals surface area contributed by atoms with E-state index in [1.54, 1.807) is 7.11 Å². The first kappa shape index (κ1) is 17.1. The molecule has 5 atom stereocenters. The van der Waals surface area contributed by atoms with Gasteiger partial charge in [0.2, 0.25) is 0 Å². The molecule has 1 aliphatic carbocycles. The molecule has 2 fully saturated rings. The van der Waals surface area contributed by atoms with Gasteiger partial charge in [-0.05, 0) is 39.3 Å². The minimum Gasteiger partial charge on any atom is -0.378 e. The van der Waals surface area contributed by atoms with Gasteiger partial charge in [-0.15, -0.1) is 0 Å². The van der Waals surface area contributed by atoms with Crippen LogP contribution in [0.25, 0.3) is 0 Å². The first-order chi connectivity index (χ1) is 10.2. The zero-order valence-corrected chi connectivity index (χ0v) is 13.6. The molecule has 1 heterocycles. The van der Waals surface area contributed by atoms with Crippen LogP contribution in [0.5, 0.6) is 0 Å². The Morgan fingerprint density at radius 1 is 1.38 bits per heavy atom. The van der Waals surface area contributed by atoms with Crippen LogP contribution in [0.3, 0.4) is 0 Å². The van der Waals surface area contributed by atoms with E-state index in [-0.39, 0.29) is 6.10 Å². The Morgan fingerprint density at radius 3 is 2.86 bits per heavy atom. The van der Waals surface area contributed by atoms with Crippen molar-refractivity contribution in [2.45, 2.75) is 37.6 Å². The molecular weight excluding hydrogens is 271 g/mol. The number of hydrogen-bond donors (Lipinski definition) is 3. The Balaban J connectivity index is 1.84. The lowest BCUT2D eigenvalue weighted by atomic mass is 9.77. The predicted octanol–water partition coefficient (Wildman–Crippen LogP) is 0.383. The van der Waals surface area contributed by atoms with E-state index in [9.17, 15) is 4.39 Å². The van der Waals surface area contributed by atoms with E-state index in [1.807, 2.05) is 7.05 Å². The minimum absolute atomic E-state index is 0.202. The van der Waals surface area contributed by atoms with Crippen molar-refractivity contribution in [3.8, 4) is 0 Å². The van der Waals surface area contributed by atoms with Gasteiger partial charge in [-0.2, -0.15) is 0 Å². The summed E-state index contributed by atoms with van der Waals surface area (Å²) in [5.41, 5.74) is 6.67. The SMILES string of the molecule is CNCCN(C)CC1CNNC1C1CCC(OC)C(F)C1. The van der Waals surface area contributed by atoms with E-state index in [1.165, 1.54) is 0 Å². The number of methoxy groups -OCH3 is 1. The summed E-state index contributed by atoms with van der Waals surface area (Å²) in [7, 11) is 5.75. The van der Waals surface area contributed by atoms with Gasteiger partial charge in [-0.25, -0.2) is 4.39 Å². The van der Waals surface area contributed by atoms with Crippen LogP contribution in [0.15, 0.2) is 0 Å². The number of nitrogens with zero attached hydrogens (tertiary/aromatic N) is 1. The van der Waals surface area contributed by atoms with E-state index in [4.69, 9.17) is 4.74 Å². The number of alkyl halides is 1. The van der Waals surface area contributed by atoms with Crippen LogP contribution in [-0.2, 0) is 4.74 Å². The molecule has 0 radical (unpaired) electrons. The zero-order chi connectivity index (χ0) is 15.2. The maximum absolute atomic E-state index is 14.1. The normalized spacial score (nSPS) is 37.3. The molecule has 5 unspecified atom stereocenters. The molecule has 0 spiro atoms. The Kier molecular flexibility index (Phi) is 6.82. The van der Waals surface area contributed by atoms with Gasteiger partial charge in [0.05, 0.1) is 6.10 Å². The maximum atomic E-state index is 14.1. The van der Waals surface area contributed by atoms with E-state index < -0.39 is 6.17 Å². The zero-order valence-electron chi connectivity index (χ0n) is 13.6. The molecule has 2 aliphatic rings. The number of rotatable bonds is 7. The molecule has 1 aliphatic heterocycles. The Hall–Kier alpha value is -0.270. The second-order valence-corrected chi connectivity index (χ2v) is 6.54. The summed E-state index contributed by atoms with van der Waals surface area (Å²) < 4.78 is 19.3. The first-order valence-electron chi connectivity index (χ1n) is 8.14. The van der Waals surface area contributed by atoms with Crippen LogP contribution < -0.4 is 16.2 Å². The highest BCUT2D eigenvalue weighted by Crippen LogP contribution is 2.33. The number of likely N-dealkylation sites (N-methyl/N-ethyl adjacent to an activating group) is 2. The van der Waals surface area contributed by atoms with Crippen molar-refractivity contribution in [3.63, 3.8) is 0 Å². The standard InChI is InChI=1S/C15H31FN4O/c1-17-6-7-20(2)10-12-9-18-19-15(12)11-4-5-14(21-3)13(16)8-11/h11-15,17-19H,4-10H2,1-3H3. The number of hydrazine groups is 1. The molecule has 0 aromatic rings. The molecule has 124 valence electrons. The molecule has 0 aromatic carbocycles. The van der Waals surface area contributed by atoms with Crippen LogP contribution in [0.1, 0.15) is 19.3 Å². The van der Waals surface area contributed by atoms with Crippen LogP contribution >= 0.6 is 0 Å². The molecule has 21 heavy (non-hydrogen) atoms. The summed E-state index contributed by atoms with van der Waals surface area (Å²) >= 11 is 0. The van der Waals surface area contributed by atoms with E-state index in [0.29, 0.717) is 24.3 Å². The molecule has 6 heteroatoms. The number of nitrogens with one attached hydrogen (secondary N) is 3. The van der Waals surface area contributed by atoms with Crippen molar-refractivity contribution >= 4 is 0 Å². The Morgan fingerprint density at radius 2 is 2.19 bits per heavy atom. The number of ether oxygens (including phenoxy) is 1. The number of halogens is 1. The van der Waals surface area contributed by atoms with Gasteiger partial charge in [0.25, 0.3) is 0 Å². The fourth-order valence-corrected chi connectivity index (χ4v) is 3.74. The fraction of sp³-hybridized carbons (Fsp3) is 1.00. The molecular formula is C15H31FN4O. The monoisotopic (exact) mass is 302 g/mol. The van der Waals surface area contributed by atoms with Crippen molar-refractivity contribution in [1.29, 1.82) is 0 Å². The minimum atomic E-state index is -0.821. The first-order valence-corrected chi connectivity index (χ1v) is 8.14. The highest BCUT2D eigenvalue weighted by atomic mass is 19.1. The number of hydrogen-bond acceptors (Lipinski definition) is 5. The van der Waals surface area contributed by atoms with Crippen LogP contribution in [0.4, 0.5) is 4.39 Å². The Labute approximate surface area is 127 Å². The Bertz CT molecular complexity index is 307. The average molecular weight is 302 g/mol. The van der Waals surface area contributed by atoms with Crippen molar-refractivity contribution < 1.29 is 9.13 Å². The van der Waals surface area contributed by atoms with Crippen molar-refractivity contribution in [3.05, 3.63) is 0 Å². The van der Waals surface area contributed by atoms with Crippen LogP contribution in [0.2, 0.25) is 0 Å². The predicted molar refractivity (Wildman–Crippen MR) is 82.9 cm³/mol. The van der Waals surface area contributed by atoms with Crippen LogP contribution in [0, 0.1) is 11.8 Å². The van der Waals surface area contributed by atoms with Gasteiger partial charge in [0.15, 0.2) is 0 Å². The maximum Gasteiger partial charge on any atom is 0.126 e. The summed E-state index contributed by atoms with van der Waals surface area (Å²) in [6.07, 6.45) is 1.48. The van der Waals surface area contributed by atoms with E-state index in [0.717, 1.165) is 39.0 Å². The molecule has 3 N–H and O–H groups in total. The summed E-state index contributed by atoms with van der Waals surface area (Å²) in [4.78, 5) is 2.36. The second kappa shape index (κ2) is 8.39. The highest BCUT2D eigenvalue weighted by molar-refractivity contribution is 4.93. The van der Waals surface area contributed by atoms with Gasteiger partial charge in [0.1, 0.15) is 6.17 Å². The third-order valence-corrected chi connectivity index (χ3v) is 4.99. The van der Waals surface area contributed by atoms with Gasteiger partial charge in [-0.1, -0.05) is 0 Å². The van der Waals surface area contributed by atoms with Gasteiger partial charge in [0, 0.05) is 45.2 Å². The molecule has 0 bridgehead atoms. The highest BCUT2D eigenvalue weighted by Gasteiger charge is 2.39. The van der Waals surface area contributed by atoms with Crippen LogP contribution in [-0.4, -0.2) is 70.6 Å². The van der Waals surface area contributed by atoms with Crippen molar-refractivity contribution in [2.24, 2.45) is 11.8 Å². The smallest absolute Gasteiger partial charge is 0.126 e. The second-order valence-electron chi connectivity index (χ2n) is 6.54. The van der Waals surface area contributed by atoms with E-state index in [2.05, 4.69) is 28.1 Å². The van der Waals surface area contributed by atoms with E-state index >= 15 is 0 Å². The molecule has 0 aromatic heterocycles. The molecule has 1 saturated carbocycles. The lowest BCUT2D eigenvalue weighted by molar-refractivity contribution is -0.0165. The lowest BCUT2D eigenvalue weighted by Gasteiger charge is -2.36. The topological polar surface area (TPSA) is 48.6 Å². The van der Waals surface area contributed by atoms with Gasteiger partial charge >= 0.3 is 0 Å². The quantitative estimate of drug-likeness (QED) is 0.635. The molecule has 2 rings (SSSR count). The third kappa shape index (κ3) is 4.60. The third-order valence-electron chi connectivity index (χ3n) is 4.99. The largest absolute Gasteiger partial charge is 0.378 e.